The van der Waals surface area contributed by atoms with Crippen LogP contribution in [-0.2, 0) is 0 Å². The van der Waals surface area contributed by atoms with Crippen LogP contribution in [0.3, 0.4) is 0 Å². The first-order chi connectivity index (χ1) is 25.5. The molecule has 0 saturated heterocycles. The molecular formula is C34H20N2OS. The predicted octanol–water partition coefficient (Wildman–Crippen LogP) is 9.74. The monoisotopic (exact) mass is 520 g/mol. The quantitative estimate of drug-likeness (QED) is 0.233. The molecule has 3 aromatic heterocycles. The van der Waals surface area contributed by atoms with E-state index in [1.54, 1.807) is 18.2 Å². The summed E-state index contributed by atoms with van der Waals surface area (Å²) < 4.78 is 143. The fraction of sp³-hybridized carbons (Fsp3) is 0. The lowest BCUT2D eigenvalue weighted by Crippen LogP contribution is -1.85. The fourth-order valence-electron chi connectivity index (χ4n) is 4.40. The molecule has 0 aliphatic carbocycles. The van der Waals surface area contributed by atoms with Gasteiger partial charge in [-0.3, -0.25) is 0 Å². The molecule has 0 aliphatic rings. The van der Waals surface area contributed by atoms with Crippen molar-refractivity contribution in [2.75, 3.05) is 0 Å². The number of para-hydroxylation sites is 2. The van der Waals surface area contributed by atoms with Crippen LogP contribution in [0.1, 0.15) is 21.9 Å². The number of furan rings is 1. The summed E-state index contributed by atoms with van der Waals surface area (Å²) in [5.41, 5.74) is -1.00. The Bertz CT molecular complexity index is 3000. The molecule has 0 unspecified atom stereocenters. The summed E-state index contributed by atoms with van der Waals surface area (Å²) in [5, 5.41) is 0.0501. The second-order valence-electron chi connectivity index (χ2n) is 8.22. The molecule has 3 heterocycles. The largest absolute Gasteiger partial charge is 0.455 e. The Hall–Kier alpha value is -4.80. The molecule has 8 rings (SSSR count). The van der Waals surface area contributed by atoms with Crippen LogP contribution in [0.2, 0.25) is 0 Å². The molecule has 0 spiro atoms. The zero-order valence-electron chi connectivity index (χ0n) is 35.0. The van der Waals surface area contributed by atoms with Gasteiger partial charge >= 0.3 is 0 Å². The molecule has 0 atom stereocenters. The van der Waals surface area contributed by atoms with E-state index in [0.29, 0.717) is 20.3 Å². The van der Waals surface area contributed by atoms with E-state index in [4.69, 9.17) is 25.0 Å². The highest BCUT2D eigenvalue weighted by atomic mass is 32.1. The number of nitrogens with zero attached hydrogens (tertiary/aromatic N) is 2. The maximum absolute atomic E-state index is 9.36. The summed E-state index contributed by atoms with van der Waals surface area (Å²) >= 11 is 1.19. The van der Waals surface area contributed by atoms with Crippen LogP contribution < -0.4 is 0 Å². The first-order valence-corrected chi connectivity index (χ1v) is 12.1. The first-order valence-electron chi connectivity index (χ1n) is 19.3. The Kier molecular flexibility index (Phi) is 2.40. The van der Waals surface area contributed by atoms with Crippen LogP contribution >= 0.6 is 11.3 Å². The van der Waals surface area contributed by atoms with Crippen LogP contribution in [0, 0.1) is 0 Å². The second kappa shape index (κ2) is 8.37. The average molecular weight is 521 g/mol. The van der Waals surface area contributed by atoms with Crippen LogP contribution in [0.5, 0.6) is 0 Å². The third kappa shape index (κ3) is 3.28. The van der Waals surface area contributed by atoms with Gasteiger partial charge in [-0.1, -0.05) is 90.7 Å². The van der Waals surface area contributed by atoms with Gasteiger partial charge in [-0.15, -0.1) is 11.3 Å². The third-order valence-electron chi connectivity index (χ3n) is 6.09. The van der Waals surface area contributed by atoms with E-state index in [9.17, 15) is 1.37 Å². The number of rotatable bonds is 3. The van der Waals surface area contributed by atoms with Crippen LogP contribution in [0.25, 0.3) is 75.8 Å². The number of hydrogen-bond acceptors (Lipinski definition) is 4. The summed E-state index contributed by atoms with van der Waals surface area (Å²) in [6.45, 7) is 0. The number of aromatic nitrogens is 2. The highest BCUT2D eigenvalue weighted by molar-refractivity contribution is 7.26. The summed E-state index contributed by atoms with van der Waals surface area (Å²) in [6.07, 6.45) is 1.19. The van der Waals surface area contributed by atoms with Crippen LogP contribution in [0.4, 0.5) is 0 Å². The van der Waals surface area contributed by atoms with E-state index in [1.165, 1.54) is 17.7 Å². The maximum atomic E-state index is 9.36. The van der Waals surface area contributed by atoms with Crippen molar-refractivity contribution in [3.8, 4) is 33.5 Å². The number of fused-ring (bicyclic) bond motifs is 6. The Morgan fingerprint density at radius 3 is 2.39 bits per heavy atom. The van der Waals surface area contributed by atoms with Crippen molar-refractivity contribution in [3.63, 3.8) is 0 Å². The van der Waals surface area contributed by atoms with Crippen molar-refractivity contribution >= 4 is 53.6 Å². The van der Waals surface area contributed by atoms with Gasteiger partial charge in [0.05, 0.1) is 37.8 Å². The van der Waals surface area contributed by atoms with Gasteiger partial charge in [-0.25, -0.2) is 9.97 Å². The highest BCUT2D eigenvalue weighted by Gasteiger charge is 2.15. The van der Waals surface area contributed by atoms with Crippen molar-refractivity contribution in [1.29, 1.82) is 0 Å². The molecule has 178 valence electrons. The van der Waals surface area contributed by atoms with Gasteiger partial charge in [0.2, 0.25) is 0 Å². The maximum Gasteiger partial charge on any atom is 0.143 e. The summed E-state index contributed by atoms with van der Waals surface area (Å²) in [7, 11) is 0. The van der Waals surface area contributed by atoms with Gasteiger partial charge in [-0.2, -0.15) is 0 Å². The highest BCUT2D eigenvalue weighted by Crippen LogP contribution is 2.40. The van der Waals surface area contributed by atoms with E-state index in [1.807, 2.05) is 0 Å². The molecule has 0 radical (unpaired) electrons. The Morgan fingerprint density at radius 2 is 1.45 bits per heavy atom. The fourth-order valence-corrected chi connectivity index (χ4v) is 5.53. The Morgan fingerprint density at radius 1 is 0.658 bits per heavy atom. The molecule has 5 aromatic carbocycles. The second-order valence-corrected chi connectivity index (χ2v) is 9.28. The van der Waals surface area contributed by atoms with Gasteiger partial charge < -0.3 is 4.42 Å². The van der Waals surface area contributed by atoms with E-state index < -0.39 is 96.7 Å². The normalized spacial score (nSPS) is 17.6. The third-order valence-corrected chi connectivity index (χ3v) is 7.25. The van der Waals surface area contributed by atoms with Gasteiger partial charge in [0.15, 0.2) is 0 Å². The molecule has 0 saturated carbocycles. The SMILES string of the molecule is [2H]c1c([2H])c([2H])c(-c2ncnc3c2sc2ccc(-c4c([2H])c([2H])c([2H])c(-c5c([2H])c([2H])c([2H])c6c5oc5c([2H])c([2H])c([2H])c([2H])c56)c4[2H])cc23)c([2H])c1[2H]. The number of thiophene rings is 1. The van der Waals surface area contributed by atoms with Crippen molar-refractivity contribution in [2.45, 2.75) is 0 Å². The summed E-state index contributed by atoms with van der Waals surface area (Å²) in [5.74, 6) is 0. The standard InChI is InChI=1S/C34H20N2OS/c1-2-8-21(9-3-1)31-34-32(36-20-35-31)28-19-23(16-17-30(28)38-34)22-10-6-11-24(18-22)25-13-7-14-27-26-12-4-5-15-29(26)37-33(25)27/h1-20H/i1D,2D,3D,4D,5D,6D,7D,8D,9D,10D,11D,12D,13D,14D,15D,18D. The van der Waals surface area contributed by atoms with E-state index in [-0.39, 0.29) is 55.4 Å². The van der Waals surface area contributed by atoms with E-state index >= 15 is 0 Å². The van der Waals surface area contributed by atoms with Crippen molar-refractivity contribution in [2.24, 2.45) is 0 Å². The summed E-state index contributed by atoms with van der Waals surface area (Å²) in [4.78, 5) is 8.71. The number of benzene rings is 5. The molecule has 0 bridgehead atoms. The zero-order chi connectivity index (χ0) is 39.0. The topological polar surface area (TPSA) is 38.9 Å². The molecule has 0 fully saturated rings. The zero-order valence-corrected chi connectivity index (χ0v) is 19.8. The molecule has 8 aromatic rings. The first kappa shape index (κ1) is 10.9. The van der Waals surface area contributed by atoms with Gasteiger partial charge in [-0.05, 0) is 40.9 Å². The van der Waals surface area contributed by atoms with E-state index in [2.05, 4.69) is 9.97 Å². The molecule has 4 heteroatoms. The predicted molar refractivity (Wildman–Crippen MR) is 159 cm³/mol. The molecule has 0 amide bonds. The lowest BCUT2D eigenvalue weighted by Gasteiger charge is -2.07. The van der Waals surface area contributed by atoms with Gasteiger partial charge in [0.1, 0.15) is 17.5 Å². The summed E-state index contributed by atoms with van der Waals surface area (Å²) in [6, 6.07) is -4.19. The average Bonchev–Trinajstić information content (AvgIpc) is 3.74. The van der Waals surface area contributed by atoms with Crippen molar-refractivity contribution in [3.05, 3.63) is 121 Å². The van der Waals surface area contributed by atoms with Gasteiger partial charge in [0.25, 0.3) is 0 Å². The minimum absolute atomic E-state index is 0.111. The molecule has 3 nitrogen and oxygen atoms in total. The van der Waals surface area contributed by atoms with E-state index in [0.717, 1.165) is 0 Å². The molecule has 0 N–H and O–H groups in total. The lowest BCUT2D eigenvalue weighted by molar-refractivity contribution is 0.670. The van der Waals surface area contributed by atoms with Crippen LogP contribution in [-0.4, -0.2) is 9.97 Å². The smallest absolute Gasteiger partial charge is 0.143 e. The Labute approximate surface area is 245 Å². The Balaban J connectivity index is 1.42. The molecular weight excluding hydrogens is 484 g/mol. The van der Waals surface area contributed by atoms with Crippen molar-refractivity contribution in [1.82, 2.24) is 9.97 Å². The number of hydrogen-bond donors (Lipinski definition) is 0. The molecule has 38 heavy (non-hydrogen) atoms. The minimum Gasteiger partial charge on any atom is -0.455 e. The lowest BCUT2D eigenvalue weighted by atomic mass is 9.97. The molecule has 0 aliphatic heterocycles. The van der Waals surface area contributed by atoms with Crippen molar-refractivity contribution < 1.29 is 26.3 Å². The van der Waals surface area contributed by atoms with Crippen LogP contribution in [0.15, 0.2) is 126 Å². The minimum atomic E-state index is -0.671. The van der Waals surface area contributed by atoms with Gasteiger partial charge in [0, 0.05) is 32.0 Å².